The van der Waals surface area contributed by atoms with E-state index in [2.05, 4.69) is 6.07 Å². The van der Waals surface area contributed by atoms with E-state index in [-0.39, 0.29) is 0 Å². The van der Waals surface area contributed by atoms with Crippen LogP contribution >= 0.6 is 11.6 Å². The van der Waals surface area contributed by atoms with Crippen LogP contribution in [0.3, 0.4) is 0 Å². The van der Waals surface area contributed by atoms with Crippen molar-refractivity contribution in [2.75, 3.05) is 20.1 Å². The summed E-state index contributed by atoms with van der Waals surface area (Å²) in [4.78, 5) is 0. The molecule has 0 aliphatic heterocycles. The summed E-state index contributed by atoms with van der Waals surface area (Å²) in [7, 11) is 3.40. The van der Waals surface area contributed by atoms with E-state index < -0.39 is 0 Å². The fourth-order valence-corrected chi connectivity index (χ4v) is 3.37. The van der Waals surface area contributed by atoms with Gasteiger partial charge in [-0.3, -0.25) is 0 Å². The van der Waals surface area contributed by atoms with Gasteiger partial charge < -0.3 is 9.47 Å². The Balaban J connectivity index is 2.32. The number of rotatable bonds is 5. The van der Waals surface area contributed by atoms with Gasteiger partial charge in [-0.2, -0.15) is 0 Å². The van der Waals surface area contributed by atoms with Crippen LogP contribution in [0.4, 0.5) is 0 Å². The Bertz CT molecular complexity index is 386. The van der Waals surface area contributed by atoms with Crippen LogP contribution in [0, 0.1) is 5.92 Å². The fourth-order valence-electron chi connectivity index (χ4n) is 2.95. The lowest BCUT2D eigenvalue weighted by molar-refractivity contribution is 0.383. The summed E-state index contributed by atoms with van der Waals surface area (Å²) >= 11 is 6.21. The molecule has 1 fully saturated rings. The molecule has 1 aliphatic carbocycles. The molecule has 1 aromatic carbocycles. The van der Waals surface area contributed by atoms with Crippen molar-refractivity contribution in [3.8, 4) is 11.5 Å². The van der Waals surface area contributed by atoms with Crippen LogP contribution in [0.15, 0.2) is 18.2 Å². The zero-order valence-corrected chi connectivity index (χ0v) is 11.9. The minimum Gasteiger partial charge on any atom is -0.497 e. The molecule has 0 amide bonds. The van der Waals surface area contributed by atoms with E-state index in [4.69, 9.17) is 21.1 Å². The monoisotopic (exact) mass is 268 g/mol. The Morgan fingerprint density at radius 3 is 2.50 bits per heavy atom. The van der Waals surface area contributed by atoms with Gasteiger partial charge in [0.2, 0.25) is 0 Å². The molecule has 1 saturated carbocycles. The van der Waals surface area contributed by atoms with E-state index >= 15 is 0 Å². The number of benzene rings is 1. The number of hydrogen-bond acceptors (Lipinski definition) is 2. The first kappa shape index (κ1) is 13.5. The molecule has 0 spiro atoms. The quantitative estimate of drug-likeness (QED) is 0.745. The van der Waals surface area contributed by atoms with E-state index in [1.165, 1.54) is 31.2 Å². The first-order valence-electron chi connectivity index (χ1n) is 6.58. The van der Waals surface area contributed by atoms with Gasteiger partial charge in [-0.1, -0.05) is 12.8 Å². The number of alkyl halides is 1. The van der Waals surface area contributed by atoms with Crippen molar-refractivity contribution in [2.24, 2.45) is 5.92 Å². The van der Waals surface area contributed by atoms with Crippen molar-refractivity contribution >= 4 is 11.6 Å². The van der Waals surface area contributed by atoms with Gasteiger partial charge in [0.25, 0.3) is 0 Å². The predicted octanol–water partition coefficient (Wildman–Crippen LogP) is 4.22. The Hall–Kier alpha value is -0.890. The summed E-state index contributed by atoms with van der Waals surface area (Å²) < 4.78 is 10.8. The molecule has 1 aromatic rings. The second kappa shape index (κ2) is 6.33. The number of ether oxygens (including phenoxy) is 2. The highest BCUT2D eigenvalue weighted by atomic mass is 35.5. The predicted molar refractivity (Wildman–Crippen MR) is 75.0 cm³/mol. The molecule has 2 nitrogen and oxygen atoms in total. The van der Waals surface area contributed by atoms with Gasteiger partial charge in [0, 0.05) is 17.4 Å². The second-order valence-corrected chi connectivity index (χ2v) is 5.22. The summed E-state index contributed by atoms with van der Waals surface area (Å²) in [6, 6.07) is 5.98. The molecule has 2 rings (SSSR count). The Morgan fingerprint density at radius 2 is 1.94 bits per heavy atom. The highest BCUT2D eigenvalue weighted by Gasteiger charge is 2.28. The van der Waals surface area contributed by atoms with E-state index in [9.17, 15) is 0 Å². The van der Waals surface area contributed by atoms with Crippen molar-refractivity contribution in [3.63, 3.8) is 0 Å². The topological polar surface area (TPSA) is 18.5 Å². The van der Waals surface area contributed by atoms with Crippen molar-refractivity contribution in [3.05, 3.63) is 23.8 Å². The molecule has 0 saturated heterocycles. The van der Waals surface area contributed by atoms with Crippen molar-refractivity contribution < 1.29 is 9.47 Å². The standard InChI is InChI=1S/C15H21ClO2/c1-17-12-7-8-15(18-2)13(9-12)14(10-16)11-5-3-4-6-11/h7-9,11,14H,3-6,10H2,1-2H3. The van der Waals surface area contributed by atoms with Gasteiger partial charge in [0.05, 0.1) is 14.2 Å². The molecule has 0 N–H and O–H groups in total. The number of hydrogen-bond donors (Lipinski definition) is 0. The molecule has 1 aliphatic rings. The largest absolute Gasteiger partial charge is 0.497 e. The molecular weight excluding hydrogens is 248 g/mol. The van der Waals surface area contributed by atoms with Crippen LogP contribution in [0.2, 0.25) is 0 Å². The third-order valence-electron chi connectivity index (χ3n) is 3.97. The molecule has 0 radical (unpaired) electrons. The van der Waals surface area contributed by atoms with Gasteiger partial charge in [-0.05, 0) is 37.0 Å². The normalized spacial score (nSPS) is 17.7. The van der Waals surface area contributed by atoms with Crippen LogP contribution in [-0.4, -0.2) is 20.1 Å². The van der Waals surface area contributed by atoms with Crippen LogP contribution in [0.25, 0.3) is 0 Å². The maximum absolute atomic E-state index is 6.21. The Morgan fingerprint density at radius 1 is 1.22 bits per heavy atom. The number of halogens is 1. The summed E-state index contributed by atoms with van der Waals surface area (Å²) in [6.45, 7) is 0. The zero-order chi connectivity index (χ0) is 13.0. The average Bonchev–Trinajstić information content (AvgIpc) is 2.93. The van der Waals surface area contributed by atoms with Crippen LogP contribution in [0.1, 0.15) is 37.2 Å². The molecule has 0 heterocycles. The average molecular weight is 269 g/mol. The minimum absolute atomic E-state index is 0.374. The molecule has 100 valence electrons. The summed E-state index contributed by atoms with van der Waals surface area (Å²) in [6.07, 6.45) is 5.20. The molecule has 0 aromatic heterocycles. The molecule has 0 bridgehead atoms. The molecular formula is C15H21ClO2. The Kier molecular flexibility index (Phi) is 4.76. The lowest BCUT2D eigenvalue weighted by atomic mass is 9.85. The fraction of sp³-hybridized carbons (Fsp3) is 0.600. The van der Waals surface area contributed by atoms with Gasteiger partial charge in [-0.15, -0.1) is 11.6 Å². The van der Waals surface area contributed by atoms with E-state index in [0.29, 0.717) is 17.7 Å². The maximum Gasteiger partial charge on any atom is 0.122 e. The van der Waals surface area contributed by atoms with E-state index in [1.807, 2.05) is 12.1 Å². The SMILES string of the molecule is COc1ccc(OC)c(C(CCl)C2CCCC2)c1. The summed E-state index contributed by atoms with van der Waals surface area (Å²) in [5, 5.41) is 0. The van der Waals surface area contributed by atoms with Crippen molar-refractivity contribution in [1.29, 1.82) is 0 Å². The van der Waals surface area contributed by atoms with E-state index in [0.717, 1.165) is 11.5 Å². The van der Waals surface area contributed by atoms with Crippen molar-refractivity contribution in [2.45, 2.75) is 31.6 Å². The van der Waals surface area contributed by atoms with Crippen molar-refractivity contribution in [1.82, 2.24) is 0 Å². The third-order valence-corrected chi connectivity index (χ3v) is 4.30. The summed E-state index contributed by atoms with van der Waals surface area (Å²) in [5.41, 5.74) is 1.19. The Labute approximate surface area is 114 Å². The molecule has 1 unspecified atom stereocenters. The minimum atomic E-state index is 0.374. The maximum atomic E-state index is 6.21. The smallest absolute Gasteiger partial charge is 0.122 e. The number of methoxy groups -OCH3 is 2. The van der Waals surface area contributed by atoms with Gasteiger partial charge in [0.15, 0.2) is 0 Å². The zero-order valence-electron chi connectivity index (χ0n) is 11.1. The molecule has 3 heteroatoms. The third kappa shape index (κ3) is 2.74. The molecule has 1 atom stereocenters. The van der Waals surface area contributed by atoms with Crippen LogP contribution in [-0.2, 0) is 0 Å². The van der Waals surface area contributed by atoms with Gasteiger partial charge in [0.1, 0.15) is 11.5 Å². The van der Waals surface area contributed by atoms with Crippen LogP contribution < -0.4 is 9.47 Å². The first-order chi connectivity index (χ1) is 8.80. The summed E-state index contributed by atoms with van der Waals surface area (Å²) in [5.74, 6) is 3.50. The first-order valence-corrected chi connectivity index (χ1v) is 7.11. The van der Waals surface area contributed by atoms with Crippen LogP contribution in [0.5, 0.6) is 11.5 Å². The highest BCUT2D eigenvalue weighted by Crippen LogP contribution is 2.42. The van der Waals surface area contributed by atoms with Gasteiger partial charge in [-0.25, -0.2) is 0 Å². The lowest BCUT2D eigenvalue weighted by Crippen LogP contribution is -2.13. The molecule has 18 heavy (non-hydrogen) atoms. The lowest BCUT2D eigenvalue weighted by Gasteiger charge is -2.24. The highest BCUT2D eigenvalue weighted by molar-refractivity contribution is 6.18. The second-order valence-electron chi connectivity index (χ2n) is 4.91. The van der Waals surface area contributed by atoms with Gasteiger partial charge >= 0.3 is 0 Å². The van der Waals surface area contributed by atoms with E-state index in [1.54, 1.807) is 14.2 Å².